The van der Waals surface area contributed by atoms with E-state index in [4.69, 9.17) is 5.73 Å². The molecule has 4 nitrogen and oxygen atoms in total. The van der Waals surface area contributed by atoms with E-state index in [1.807, 2.05) is 37.4 Å². The third kappa shape index (κ3) is 3.42. The first-order valence-electron chi connectivity index (χ1n) is 6.67. The Bertz CT molecular complexity index is 596. The van der Waals surface area contributed by atoms with Crippen LogP contribution in [0.1, 0.15) is 21.5 Å². The first kappa shape index (κ1) is 14.2. The van der Waals surface area contributed by atoms with Crippen LogP contribution in [0.15, 0.2) is 42.6 Å². The Morgan fingerprint density at radius 1 is 1.20 bits per heavy atom. The fraction of sp³-hybridized carbons (Fsp3) is 0.250. The molecular weight excluding hydrogens is 250 g/mol. The number of nitrogens with two attached hydrogens (primary N) is 1. The fourth-order valence-electron chi connectivity index (χ4n) is 2.14. The number of ketones is 1. The van der Waals surface area contributed by atoms with Crippen LogP contribution in [0.2, 0.25) is 0 Å². The number of Topliss-reactive ketones (excluding diaryl/α,β-unsaturated/α-hetero) is 1. The number of benzene rings is 1. The van der Waals surface area contributed by atoms with Crippen LogP contribution in [0.4, 0.5) is 5.82 Å². The van der Waals surface area contributed by atoms with E-state index in [1.54, 1.807) is 12.3 Å². The molecule has 2 aromatic rings. The van der Waals surface area contributed by atoms with E-state index >= 15 is 0 Å². The Balaban J connectivity index is 2.19. The van der Waals surface area contributed by atoms with Gasteiger partial charge in [-0.05, 0) is 31.6 Å². The highest BCUT2D eigenvalue weighted by molar-refractivity contribution is 5.99. The van der Waals surface area contributed by atoms with Gasteiger partial charge in [-0.15, -0.1) is 0 Å². The van der Waals surface area contributed by atoms with Gasteiger partial charge in [0, 0.05) is 23.7 Å². The van der Waals surface area contributed by atoms with Gasteiger partial charge in [-0.25, -0.2) is 4.98 Å². The fourth-order valence-corrected chi connectivity index (χ4v) is 2.14. The van der Waals surface area contributed by atoms with Crippen molar-refractivity contribution >= 4 is 11.6 Å². The molecule has 4 heteroatoms. The van der Waals surface area contributed by atoms with Gasteiger partial charge in [0.25, 0.3) is 0 Å². The maximum absolute atomic E-state index is 12.4. The van der Waals surface area contributed by atoms with E-state index in [1.165, 1.54) is 0 Å². The van der Waals surface area contributed by atoms with Crippen molar-refractivity contribution in [3.05, 3.63) is 59.3 Å². The number of hydrogen-bond acceptors (Lipinski definition) is 4. The van der Waals surface area contributed by atoms with Crippen LogP contribution in [0.5, 0.6) is 0 Å². The van der Waals surface area contributed by atoms with E-state index in [9.17, 15) is 4.79 Å². The minimum atomic E-state index is 0.0800. The maximum atomic E-state index is 12.4. The third-order valence-corrected chi connectivity index (χ3v) is 3.24. The Morgan fingerprint density at radius 3 is 2.70 bits per heavy atom. The first-order valence-corrected chi connectivity index (χ1v) is 6.67. The molecule has 1 aromatic carbocycles. The molecule has 104 valence electrons. The topological polar surface area (TPSA) is 68.0 Å². The molecule has 0 unspecified atom stereocenters. The monoisotopic (exact) mass is 269 g/mol. The number of carbonyl (C=O) groups excluding carboxylic acids is 1. The Morgan fingerprint density at radius 2 is 1.95 bits per heavy atom. The summed E-state index contributed by atoms with van der Waals surface area (Å²) in [6.07, 6.45) is 2.75. The molecule has 20 heavy (non-hydrogen) atoms. The van der Waals surface area contributed by atoms with E-state index in [0.29, 0.717) is 5.82 Å². The van der Waals surface area contributed by atoms with Crippen molar-refractivity contribution in [1.82, 2.24) is 10.3 Å². The number of hydrogen-bond donors (Lipinski definition) is 2. The average molecular weight is 269 g/mol. The quantitative estimate of drug-likeness (QED) is 0.785. The molecule has 0 aliphatic rings. The molecule has 0 bridgehead atoms. The Kier molecular flexibility index (Phi) is 4.85. The summed E-state index contributed by atoms with van der Waals surface area (Å²) in [5, 5.41) is 3.10. The zero-order chi connectivity index (χ0) is 14.4. The molecule has 0 amide bonds. The molecule has 2 rings (SSSR count). The van der Waals surface area contributed by atoms with Crippen molar-refractivity contribution in [2.45, 2.75) is 12.8 Å². The van der Waals surface area contributed by atoms with Crippen molar-refractivity contribution in [3.63, 3.8) is 0 Å². The molecule has 0 radical (unpaired) electrons. The van der Waals surface area contributed by atoms with Crippen LogP contribution in [0, 0.1) is 0 Å². The number of rotatable bonds is 6. The van der Waals surface area contributed by atoms with Crippen molar-refractivity contribution in [1.29, 1.82) is 0 Å². The summed E-state index contributed by atoms with van der Waals surface area (Å²) >= 11 is 0. The summed E-state index contributed by atoms with van der Waals surface area (Å²) in [6, 6.07) is 11.4. The molecule has 3 N–H and O–H groups in total. The third-order valence-electron chi connectivity index (χ3n) is 3.24. The van der Waals surface area contributed by atoms with Crippen LogP contribution in [-0.4, -0.2) is 24.4 Å². The smallest absolute Gasteiger partial charge is 0.167 e. The summed E-state index contributed by atoms with van der Waals surface area (Å²) in [7, 11) is 1.90. The predicted molar refractivity (Wildman–Crippen MR) is 80.8 cm³/mol. The number of aromatic nitrogens is 1. The summed E-state index contributed by atoms with van der Waals surface area (Å²) in [5.74, 6) is 0.505. The van der Waals surface area contributed by atoms with Gasteiger partial charge in [0.05, 0.1) is 0 Å². The lowest BCUT2D eigenvalue weighted by molar-refractivity contribution is 0.0992. The zero-order valence-corrected chi connectivity index (χ0v) is 11.6. The van der Waals surface area contributed by atoms with Gasteiger partial charge in [-0.2, -0.15) is 0 Å². The first-order chi connectivity index (χ1) is 9.72. The molecule has 1 heterocycles. The number of nitrogen functional groups attached to an aromatic ring is 1. The van der Waals surface area contributed by atoms with Gasteiger partial charge in [0.1, 0.15) is 5.82 Å². The van der Waals surface area contributed by atoms with E-state index in [0.717, 1.165) is 29.7 Å². The van der Waals surface area contributed by atoms with Crippen LogP contribution in [-0.2, 0) is 12.8 Å². The van der Waals surface area contributed by atoms with Gasteiger partial charge in [0.2, 0.25) is 0 Å². The second kappa shape index (κ2) is 6.82. The number of pyridine rings is 1. The molecular formula is C16H19N3O. The average Bonchev–Trinajstić information content (AvgIpc) is 2.47. The highest BCUT2D eigenvalue weighted by atomic mass is 16.1. The van der Waals surface area contributed by atoms with Crippen molar-refractivity contribution in [2.75, 3.05) is 19.3 Å². The van der Waals surface area contributed by atoms with Gasteiger partial charge in [-0.1, -0.05) is 30.3 Å². The van der Waals surface area contributed by atoms with Crippen LogP contribution < -0.4 is 11.1 Å². The second-order valence-corrected chi connectivity index (χ2v) is 4.66. The van der Waals surface area contributed by atoms with Crippen LogP contribution in [0.3, 0.4) is 0 Å². The van der Waals surface area contributed by atoms with Crippen molar-refractivity contribution < 1.29 is 4.79 Å². The van der Waals surface area contributed by atoms with Crippen LogP contribution >= 0.6 is 0 Å². The normalized spacial score (nSPS) is 10.4. The summed E-state index contributed by atoms with van der Waals surface area (Å²) in [4.78, 5) is 16.5. The van der Waals surface area contributed by atoms with Crippen LogP contribution in [0.25, 0.3) is 0 Å². The number of carbonyl (C=O) groups is 1. The molecule has 1 aromatic heterocycles. The molecule has 0 aliphatic carbocycles. The molecule has 0 spiro atoms. The highest BCUT2D eigenvalue weighted by Gasteiger charge is 2.13. The number of likely N-dealkylation sites (N-methyl/N-ethyl adjacent to an activating group) is 1. The van der Waals surface area contributed by atoms with E-state index < -0.39 is 0 Å². The zero-order valence-electron chi connectivity index (χ0n) is 11.6. The van der Waals surface area contributed by atoms with Gasteiger partial charge < -0.3 is 11.1 Å². The Hall–Kier alpha value is -2.20. The number of nitrogens with zero attached hydrogens (tertiary/aromatic N) is 1. The largest absolute Gasteiger partial charge is 0.383 e. The lowest BCUT2D eigenvalue weighted by Crippen LogP contribution is -2.14. The van der Waals surface area contributed by atoms with Crippen molar-refractivity contribution in [2.24, 2.45) is 0 Å². The summed E-state index contributed by atoms with van der Waals surface area (Å²) < 4.78 is 0. The van der Waals surface area contributed by atoms with E-state index in [-0.39, 0.29) is 12.2 Å². The highest BCUT2D eigenvalue weighted by Crippen LogP contribution is 2.15. The number of nitrogens with one attached hydrogen (secondary N) is 1. The minimum absolute atomic E-state index is 0.0800. The minimum Gasteiger partial charge on any atom is -0.383 e. The van der Waals surface area contributed by atoms with Gasteiger partial charge in [-0.3, -0.25) is 4.79 Å². The van der Waals surface area contributed by atoms with Crippen molar-refractivity contribution in [3.8, 4) is 0 Å². The number of anilines is 1. The second-order valence-electron chi connectivity index (χ2n) is 4.66. The lowest BCUT2D eigenvalue weighted by Gasteiger charge is -2.09. The van der Waals surface area contributed by atoms with E-state index in [2.05, 4.69) is 10.3 Å². The molecule has 0 fully saturated rings. The Labute approximate surface area is 119 Å². The summed E-state index contributed by atoms with van der Waals surface area (Å²) in [5.41, 5.74) is 8.40. The predicted octanol–water partition coefficient (Wildman–Crippen LogP) is 1.85. The SMILES string of the molecule is CNCCc1ccccc1C(=O)Cc1cccnc1N. The summed E-state index contributed by atoms with van der Waals surface area (Å²) in [6.45, 7) is 0.847. The molecule has 0 saturated heterocycles. The lowest BCUT2D eigenvalue weighted by atomic mass is 9.97. The maximum Gasteiger partial charge on any atom is 0.167 e. The molecule has 0 atom stereocenters. The van der Waals surface area contributed by atoms with Gasteiger partial charge >= 0.3 is 0 Å². The molecule has 0 saturated carbocycles. The van der Waals surface area contributed by atoms with Gasteiger partial charge in [0.15, 0.2) is 5.78 Å². The molecule has 0 aliphatic heterocycles. The standard InChI is InChI=1S/C16H19N3O/c1-18-10-8-12-5-2-3-7-14(12)15(20)11-13-6-4-9-19-16(13)17/h2-7,9,18H,8,10-11H2,1H3,(H2,17,19).